The zero-order valence-corrected chi connectivity index (χ0v) is 16.0. The molecule has 1 aliphatic rings. The Morgan fingerprint density at radius 2 is 2.04 bits per heavy atom. The zero-order valence-electron chi connectivity index (χ0n) is 15.2. The lowest BCUT2D eigenvalue weighted by atomic mass is 10.3. The third kappa shape index (κ3) is 3.79. The number of aromatic nitrogens is 3. The summed E-state index contributed by atoms with van der Waals surface area (Å²) in [6.45, 7) is 8.57. The second-order valence-electron chi connectivity index (χ2n) is 5.92. The third-order valence-corrected chi connectivity index (χ3v) is 5.21. The molecular formula is C16H23N7O2S. The second-order valence-corrected chi connectivity index (χ2v) is 7.12. The number of carbonyl (C=O) groups is 1. The molecule has 26 heavy (non-hydrogen) atoms. The second kappa shape index (κ2) is 7.73. The van der Waals surface area contributed by atoms with E-state index in [4.69, 9.17) is 10.5 Å². The molecule has 9 nitrogen and oxygen atoms in total. The largest absolute Gasteiger partial charge is 0.450 e. The molecule has 0 atom stereocenters. The molecular weight excluding hydrogens is 354 g/mol. The van der Waals surface area contributed by atoms with Crippen LogP contribution in [0.1, 0.15) is 17.5 Å². The minimum absolute atomic E-state index is 0.278. The summed E-state index contributed by atoms with van der Waals surface area (Å²) in [5.74, 6) is 1.20. The van der Waals surface area contributed by atoms with E-state index >= 15 is 0 Å². The van der Waals surface area contributed by atoms with Crippen LogP contribution in [-0.2, 0) is 4.74 Å². The Morgan fingerprint density at radius 1 is 1.31 bits per heavy atom. The molecule has 0 bridgehead atoms. The Bertz CT molecular complexity index is 767. The minimum Gasteiger partial charge on any atom is -0.450 e. The lowest BCUT2D eigenvalue weighted by Crippen LogP contribution is -2.49. The van der Waals surface area contributed by atoms with Gasteiger partial charge in [0.2, 0.25) is 0 Å². The highest BCUT2D eigenvalue weighted by atomic mass is 32.1. The molecule has 10 heteroatoms. The van der Waals surface area contributed by atoms with E-state index in [1.165, 1.54) is 6.33 Å². The van der Waals surface area contributed by atoms with Crippen molar-refractivity contribution in [1.82, 2.24) is 19.9 Å². The minimum atomic E-state index is -0.278. The summed E-state index contributed by atoms with van der Waals surface area (Å²) in [6, 6.07) is 0. The van der Waals surface area contributed by atoms with Gasteiger partial charge in [0, 0.05) is 31.1 Å². The predicted octanol–water partition coefficient (Wildman–Crippen LogP) is 2.15. The summed E-state index contributed by atoms with van der Waals surface area (Å²) >= 11 is 1.56. The van der Waals surface area contributed by atoms with Gasteiger partial charge in [0.1, 0.15) is 12.0 Å². The van der Waals surface area contributed by atoms with E-state index in [9.17, 15) is 4.79 Å². The number of aryl methyl sites for hydroxylation is 2. The van der Waals surface area contributed by atoms with Crippen LogP contribution in [0.5, 0.6) is 0 Å². The first kappa shape index (κ1) is 18.2. The number of anilines is 4. The number of amides is 1. The van der Waals surface area contributed by atoms with Gasteiger partial charge in [0.25, 0.3) is 0 Å². The Labute approximate surface area is 156 Å². The van der Waals surface area contributed by atoms with Crippen LogP contribution >= 0.6 is 11.3 Å². The number of hydrogen-bond donors (Lipinski definition) is 2. The van der Waals surface area contributed by atoms with Crippen LogP contribution < -0.4 is 16.0 Å². The summed E-state index contributed by atoms with van der Waals surface area (Å²) in [7, 11) is 0. The highest BCUT2D eigenvalue weighted by Gasteiger charge is 2.24. The van der Waals surface area contributed by atoms with E-state index in [0.29, 0.717) is 50.1 Å². The average molecular weight is 377 g/mol. The molecule has 1 aliphatic heterocycles. The van der Waals surface area contributed by atoms with E-state index in [0.717, 1.165) is 15.7 Å². The van der Waals surface area contributed by atoms with Crippen molar-refractivity contribution in [1.29, 1.82) is 0 Å². The van der Waals surface area contributed by atoms with Gasteiger partial charge < -0.3 is 25.6 Å². The van der Waals surface area contributed by atoms with E-state index in [-0.39, 0.29) is 6.09 Å². The van der Waals surface area contributed by atoms with Gasteiger partial charge in [-0.2, -0.15) is 0 Å². The molecule has 0 spiro atoms. The van der Waals surface area contributed by atoms with E-state index < -0.39 is 0 Å². The third-order valence-electron chi connectivity index (χ3n) is 4.22. The zero-order chi connectivity index (χ0) is 18.7. The number of nitrogens with zero attached hydrogens (tertiary/aromatic N) is 5. The Kier molecular flexibility index (Phi) is 5.40. The first-order chi connectivity index (χ1) is 12.5. The molecule has 1 amide bonds. The molecule has 3 heterocycles. The van der Waals surface area contributed by atoms with Crippen molar-refractivity contribution in [3.8, 4) is 0 Å². The van der Waals surface area contributed by atoms with Gasteiger partial charge in [0.05, 0.1) is 12.3 Å². The van der Waals surface area contributed by atoms with Gasteiger partial charge in [0.15, 0.2) is 16.8 Å². The van der Waals surface area contributed by atoms with Crippen LogP contribution in [-0.4, -0.2) is 58.7 Å². The lowest BCUT2D eigenvalue weighted by molar-refractivity contribution is 0.105. The Morgan fingerprint density at radius 3 is 2.65 bits per heavy atom. The Hall–Kier alpha value is -2.62. The first-order valence-corrected chi connectivity index (χ1v) is 9.29. The average Bonchev–Trinajstić information content (AvgIpc) is 2.95. The standard InChI is InChI=1S/C16H23N7O2S/c1-4-25-16(24)23-7-5-22(6-8-23)14-12(17)13(18-9-19-14)21-15-20-10(2)11(3)26-15/h9H,4-8,17H2,1-3H3,(H,18,19,20,21). The van der Waals surface area contributed by atoms with Gasteiger partial charge >= 0.3 is 6.09 Å². The maximum atomic E-state index is 11.8. The quantitative estimate of drug-likeness (QED) is 0.834. The summed E-state index contributed by atoms with van der Waals surface area (Å²) in [5, 5.41) is 3.93. The summed E-state index contributed by atoms with van der Waals surface area (Å²) < 4.78 is 5.05. The van der Waals surface area contributed by atoms with Crippen molar-refractivity contribution < 1.29 is 9.53 Å². The molecule has 3 N–H and O–H groups in total. The molecule has 0 unspecified atom stereocenters. The number of nitrogens with one attached hydrogen (secondary N) is 1. The number of ether oxygens (including phenoxy) is 1. The predicted molar refractivity (Wildman–Crippen MR) is 102 cm³/mol. The summed E-state index contributed by atoms with van der Waals surface area (Å²) in [5.41, 5.74) is 7.75. The van der Waals surface area contributed by atoms with Gasteiger partial charge in [-0.05, 0) is 20.8 Å². The normalized spacial score (nSPS) is 14.4. The van der Waals surface area contributed by atoms with Crippen molar-refractivity contribution in [2.45, 2.75) is 20.8 Å². The highest BCUT2D eigenvalue weighted by molar-refractivity contribution is 7.15. The molecule has 0 aromatic carbocycles. The molecule has 1 saturated heterocycles. The molecule has 1 fully saturated rings. The number of piperazine rings is 1. The SMILES string of the molecule is CCOC(=O)N1CCN(c2ncnc(Nc3nc(C)c(C)s3)c2N)CC1. The highest BCUT2D eigenvalue weighted by Crippen LogP contribution is 2.31. The molecule has 140 valence electrons. The van der Waals surface area contributed by atoms with Crippen molar-refractivity contribution in [2.75, 3.05) is 48.7 Å². The molecule has 0 saturated carbocycles. The fraction of sp³-hybridized carbons (Fsp3) is 0.500. The van der Waals surface area contributed by atoms with Gasteiger partial charge in [-0.1, -0.05) is 0 Å². The van der Waals surface area contributed by atoms with Crippen molar-refractivity contribution in [3.63, 3.8) is 0 Å². The van der Waals surface area contributed by atoms with Crippen molar-refractivity contribution in [3.05, 3.63) is 16.9 Å². The van der Waals surface area contributed by atoms with Crippen molar-refractivity contribution in [2.24, 2.45) is 0 Å². The topological polar surface area (TPSA) is 110 Å². The fourth-order valence-corrected chi connectivity index (χ4v) is 3.49. The van der Waals surface area contributed by atoms with Crippen LogP contribution in [0, 0.1) is 13.8 Å². The summed E-state index contributed by atoms with van der Waals surface area (Å²) in [4.78, 5) is 29.7. The molecule has 0 radical (unpaired) electrons. The van der Waals surface area contributed by atoms with Crippen LogP contribution in [0.3, 0.4) is 0 Å². The lowest BCUT2D eigenvalue weighted by Gasteiger charge is -2.35. The smallest absolute Gasteiger partial charge is 0.409 e. The molecule has 2 aromatic heterocycles. The van der Waals surface area contributed by atoms with Gasteiger partial charge in [-0.3, -0.25) is 0 Å². The number of carbonyl (C=O) groups excluding carboxylic acids is 1. The number of thiazole rings is 1. The van der Waals surface area contributed by atoms with E-state index in [2.05, 4.69) is 25.2 Å². The maximum Gasteiger partial charge on any atom is 0.409 e. The monoisotopic (exact) mass is 377 g/mol. The molecule has 2 aromatic rings. The number of nitrogens with two attached hydrogens (primary N) is 1. The Balaban J connectivity index is 1.70. The number of rotatable bonds is 4. The van der Waals surface area contributed by atoms with Crippen LogP contribution in [0.2, 0.25) is 0 Å². The number of nitrogen functional groups attached to an aromatic ring is 1. The van der Waals surface area contributed by atoms with Crippen molar-refractivity contribution >= 4 is 39.9 Å². The van der Waals surface area contributed by atoms with Crippen LogP contribution in [0.25, 0.3) is 0 Å². The fourth-order valence-electron chi connectivity index (χ4n) is 2.68. The number of hydrogen-bond acceptors (Lipinski definition) is 9. The van der Waals surface area contributed by atoms with Gasteiger partial charge in [-0.25, -0.2) is 19.7 Å². The molecule has 0 aliphatic carbocycles. The van der Waals surface area contributed by atoms with Crippen LogP contribution in [0.15, 0.2) is 6.33 Å². The maximum absolute atomic E-state index is 11.8. The van der Waals surface area contributed by atoms with E-state index in [1.807, 2.05) is 13.8 Å². The van der Waals surface area contributed by atoms with E-state index in [1.54, 1.807) is 23.2 Å². The first-order valence-electron chi connectivity index (χ1n) is 8.47. The summed E-state index contributed by atoms with van der Waals surface area (Å²) in [6.07, 6.45) is 1.21. The van der Waals surface area contributed by atoms with Crippen LogP contribution in [0.4, 0.5) is 27.2 Å². The van der Waals surface area contributed by atoms with Gasteiger partial charge in [-0.15, -0.1) is 11.3 Å². The molecule has 3 rings (SSSR count).